The summed E-state index contributed by atoms with van der Waals surface area (Å²) in [6.07, 6.45) is 3.01. The minimum Gasteiger partial charge on any atom is -0.349 e. The van der Waals surface area contributed by atoms with E-state index >= 15 is 0 Å². The summed E-state index contributed by atoms with van der Waals surface area (Å²) < 4.78 is 2.89. The molecule has 5 heteroatoms. The van der Waals surface area contributed by atoms with Crippen molar-refractivity contribution in [1.29, 1.82) is 0 Å². The number of amides is 1. The number of nitrogens with one attached hydrogen (secondary N) is 1. The Balaban J connectivity index is 2.65. The standard InChI is InChI=1S/C15H26BrN3O/c1-6-19-10-12(16)8-14(19)15(20)17-9-13(18(4)5)7-11(2)3/h8,10-11,13H,6-7,9H2,1-5H3,(H,17,20). The minimum atomic E-state index is -0.00634. The van der Waals surface area contributed by atoms with Gasteiger partial charge in [-0.3, -0.25) is 4.79 Å². The summed E-state index contributed by atoms with van der Waals surface area (Å²) >= 11 is 3.42. The van der Waals surface area contributed by atoms with Crippen LogP contribution in [0.5, 0.6) is 0 Å². The number of likely N-dealkylation sites (N-methyl/N-ethyl adjacent to an activating group) is 1. The lowest BCUT2D eigenvalue weighted by Crippen LogP contribution is -2.41. The van der Waals surface area contributed by atoms with Gasteiger partial charge in [-0.15, -0.1) is 0 Å². The van der Waals surface area contributed by atoms with Crippen LogP contribution >= 0.6 is 15.9 Å². The van der Waals surface area contributed by atoms with E-state index in [1.165, 1.54) is 0 Å². The largest absolute Gasteiger partial charge is 0.349 e. The first-order valence-corrected chi connectivity index (χ1v) is 7.94. The fraction of sp³-hybridized carbons (Fsp3) is 0.667. The van der Waals surface area contributed by atoms with Crippen molar-refractivity contribution in [3.05, 3.63) is 22.4 Å². The first-order chi connectivity index (χ1) is 9.35. The van der Waals surface area contributed by atoms with Gasteiger partial charge in [-0.2, -0.15) is 0 Å². The molecule has 114 valence electrons. The number of hydrogen-bond donors (Lipinski definition) is 1. The maximum Gasteiger partial charge on any atom is 0.268 e. The second-order valence-electron chi connectivity index (χ2n) is 5.79. The number of aryl methyl sites for hydroxylation is 1. The molecule has 1 unspecified atom stereocenters. The summed E-state index contributed by atoms with van der Waals surface area (Å²) in [7, 11) is 4.12. The lowest BCUT2D eigenvalue weighted by atomic mass is 10.0. The molecule has 1 aromatic rings. The van der Waals surface area contributed by atoms with E-state index in [1.54, 1.807) is 0 Å². The molecule has 1 aromatic heterocycles. The lowest BCUT2D eigenvalue weighted by molar-refractivity contribution is 0.0929. The number of carbonyl (C=O) groups excluding carboxylic acids is 1. The maximum atomic E-state index is 12.3. The third-order valence-electron chi connectivity index (χ3n) is 3.41. The van der Waals surface area contributed by atoms with Crippen molar-refractivity contribution in [2.45, 2.75) is 39.8 Å². The molecule has 0 bridgehead atoms. The van der Waals surface area contributed by atoms with Gasteiger partial charge in [0.05, 0.1) is 0 Å². The molecule has 0 aromatic carbocycles. The van der Waals surface area contributed by atoms with Crippen LogP contribution in [0.4, 0.5) is 0 Å². The lowest BCUT2D eigenvalue weighted by Gasteiger charge is -2.26. The summed E-state index contributed by atoms with van der Waals surface area (Å²) in [6.45, 7) is 7.91. The quantitative estimate of drug-likeness (QED) is 0.826. The van der Waals surface area contributed by atoms with Crippen LogP contribution in [0.3, 0.4) is 0 Å². The zero-order chi connectivity index (χ0) is 15.3. The number of aromatic nitrogens is 1. The molecule has 1 rings (SSSR count). The van der Waals surface area contributed by atoms with Crippen LogP contribution in [0.1, 0.15) is 37.7 Å². The smallest absolute Gasteiger partial charge is 0.268 e. The van der Waals surface area contributed by atoms with Gasteiger partial charge < -0.3 is 14.8 Å². The van der Waals surface area contributed by atoms with Crippen molar-refractivity contribution < 1.29 is 4.79 Å². The Labute approximate surface area is 130 Å². The van der Waals surface area contributed by atoms with Gasteiger partial charge in [-0.05, 0) is 55.4 Å². The Bertz CT molecular complexity index is 440. The molecule has 0 aliphatic heterocycles. The van der Waals surface area contributed by atoms with E-state index in [2.05, 4.69) is 54.1 Å². The Morgan fingerprint density at radius 1 is 1.45 bits per heavy atom. The van der Waals surface area contributed by atoms with E-state index in [4.69, 9.17) is 0 Å². The minimum absolute atomic E-state index is 0.00634. The van der Waals surface area contributed by atoms with Crippen molar-refractivity contribution in [3.8, 4) is 0 Å². The number of hydrogen-bond acceptors (Lipinski definition) is 2. The Morgan fingerprint density at radius 2 is 2.10 bits per heavy atom. The van der Waals surface area contributed by atoms with Gasteiger partial charge in [-0.1, -0.05) is 13.8 Å². The van der Waals surface area contributed by atoms with Crippen molar-refractivity contribution in [1.82, 2.24) is 14.8 Å². The monoisotopic (exact) mass is 343 g/mol. The molecular formula is C15H26BrN3O. The fourth-order valence-electron chi connectivity index (χ4n) is 2.25. The first-order valence-electron chi connectivity index (χ1n) is 7.15. The van der Waals surface area contributed by atoms with Crippen LogP contribution < -0.4 is 5.32 Å². The van der Waals surface area contributed by atoms with Gasteiger partial charge in [0.15, 0.2) is 0 Å². The Hall–Kier alpha value is -0.810. The number of carbonyl (C=O) groups is 1. The predicted molar refractivity (Wildman–Crippen MR) is 87.1 cm³/mol. The van der Waals surface area contributed by atoms with Gasteiger partial charge >= 0.3 is 0 Å². The predicted octanol–water partition coefficient (Wildman–Crippen LogP) is 2.98. The first kappa shape index (κ1) is 17.2. The van der Waals surface area contributed by atoms with Crippen LogP contribution in [0, 0.1) is 5.92 Å². The van der Waals surface area contributed by atoms with E-state index in [-0.39, 0.29) is 5.91 Å². The Morgan fingerprint density at radius 3 is 2.60 bits per heavy atom. The van der Waals surface area contributed by atoms with Gasteiger partial charge in [0.25, 0.3) is 5.91 Å². The highest BCUT2D eigenvalue weighted by Crippen LogP contribution is 2.15. The van der Waals surface area contributed by atoms with Crippen LogP contribution in [-0.4, -0.2) is 42.1 Å². The molecule has 1 atom stereocenters. The summed E-state index contributed by atoms with van der Waals surface area (Å²) in [4.78, 5) is 14.5. The highest BCUT2D eigenvalue weighted by Gasteiger charge is 2.17. The van der Waals surface area contributed by atoms with Crippen LogP contribution in [0.2, 0.25) is 0 Å². The second kappa shape index (κ2) is 7.84. The summed E-state index contributed by atoms with van der Waals surface area (Å²) in [5.41, 5.74) is 0.710. The van der Waals surface area contributed by atoms with E-state index in [0.29, 0.717) is 24.2 Å². The molecule has 0 spiro atoms. The summed E-state index contributed by atoms with van der Waals surface area (Å²) in [6, 6.07) is 2.23. The molecule has 0 saturated heterocycles. The molecule has 0 aliphatic rings. The van der Waals surface area contributed by atoms with Gasteiger partial charge in [0, 0.05) is 29.8 Å². The van der Waals surface area contributed by atoms with Gasteiger partial charge in [-0.25, -0.2) is 0 Å². The van der Waals surface area contributed by atoms with Crippen molar-refractivity contribution >= 4 is 21.8 Å². The molecule has 0 aliphatic carbocycles. The third kappa shape index (κ3) is 4.94. The highest BCUT2D eigenvalue weighted by atomic mass is 79.9. The molecular weight excluding hydrogens is 318 g/mol. The van der Waals surface area contributed by atoms with Crippen molar-refractivity contribution in [2.75, 3.05) is 20.6 Å². The van der Waals surface area contributed by atoms with Crippen LogP contribution in [0.25, 0.3) is 0 Å². The molecule has 20 heavy (non-hydrogen) atoms. The Kier molecular flexibility index (Phi) is 6.76. The average molecular weight is 344 g/mol. The SMILES string of the molecule is CCn1cc(Br)cc1C(=O)NCC(CC(C)C)N(C)C. The van der Waals surface area contributed by atoms with E-state index in [0.717, 1.165) is 17.4 Å². The second-order valence-corrected chi connectivity index (χ2v) is 6.70. The van der Waals surface area contributed by atoms with Crippen LogP contribution in [0.15, 0.2) is 16.7 Å². The zero-order valence-electron chi connectivity index (χ0n) is 13.1. The number of rotatable bonds is 7. The molecule has 0 saturated carbocycles. The normalized spacial score (nSPS) is 13.0. The van der Waals surface area contributed by atoms with Crippen LogP contribution in [-0.2, 0) is 6.54 Å². The summed E-state index contributed by atoms with van der Waals surface area (Å²) in [5.74, 6) is 0.612. The molecule has 0 radical (unpaired) electrons. The molecule has 1 heterocycles. The summed E-state index contributed by atoms with van der Waals surface area (Å²) in [5, 5.41) is 3.05. The highest BCUT2D eigenvalue weighted by molar-refractivity contribution is 9.10. The van der Waals surface area contributed by atoms with Gasteiger partial charge in [0.1, 0.15) is 5.69 Å². The zero-order valence-corrected chi connectivity index (χ0v) is 14.7. The third-order valence-corrected chi connectivity index (χ3v) is 3.84. The molecule has 1 amide bonds. The molecule has 4 nitrogen and oxygen atoms in total. The van der Waals surface area contributed by atoms with Gasteiger partial charge in [0.2, 0.25) is 0 Å². The van der Waals surface area contributed by atoms with E-state index < -0.39 is 0 Å². The molecule has 0 fully saturated rings. The fourth-order valence-corrected chi connectivity index (χ4v) is 2.71. The number of halogens is 1. The average Bonchev–Trinajstić information content (AvgIpc) is 2.74. The maximum absolute atomic E-state index is 12.3. The van der Waals surface area contributed by atoms with Crippen molar-refractivity contribution in [2.24, 2.45) is 5.92 Å². The van der Waals surface area contributed by atoms with E-state index in [1.807, 2.05) is 23.8 Å². The molecule has 1 N–H and O–H groups in total. The van der Waals surface area contributed by atoms with E-state index in [9.17, 15) is 4.79 Å². The van der Waals surface area contributed by atoms with Crippen molar-refractivity contribution in [3.63, 3.8) is 0 Å². The number of nitrogens with zero attached hydrogens (tertiary/aromatic N) is 2. The topological polar surface area (TPSA) is 37.3 Å².